The molecule has 0 saturated carbocycles. The maximum absolute atomic E-state index is 13.7. The average Bonchev–Trinajstić information content (AvgIpc) is 2.34. The molecule has 0 aliphatic heterocycles. The predicted octanol–water partition coefficient (Wildman–Crippen LogP) is 3.68. The van der Waals surface area contributed by atoms with Crippen molar-refractivity contribution in [3.05, 3.63) is 29.6 Å². The van der Waals surface area contributed by atoms with Crippen LogP contribution in [0.4, 0.5) is 4.39 Å². The van der Waals surface area contributed by atoms with Crippen LogP contribution in [0, 0.1) is 5.82 Å². The van der Waals surface area contributed by atoms with Gasteiger partial charge in [-0.3, -0.25) is 0 Å². The highest BCUT2D eigenvalue weighted by atomic mass is 19.1. The molecule has 0 spiro atoms. The first kappa shape index (κ1) is 14.0. The Balaban J connectivity index is 2.73. The molecule has 0 fully saturated rings. The topological polar surface area (TPSA) is 21.3 Å². The Morgan fingerprint density at radius 1 is 1.35 bits per heavy atom. The van der Waals surface area contributed by atoms with E-state index in [9.17, 15) is 4.39 Å². The van der Waals surface area contributed by atoms with Crippen LogP contribution in [-0.2, 0) is 0 Å². The van der Waals surface area contributed by atoms with Gasteiger partial charge in [-0.15, -0.1) is 0 Å². The minimum atomic E-state index is -0.208. The summed E-state index contributed by atoms with van der Waals surface area (Å²) in [5, 5.41) is 3.04. The second-order valence-corrected chi connectivity index (χ2v) is 4.22. The van der Waals surface area contributed by atoms with Crippen molar-refractivity contribution in [1.29, 1.82) is 0 Å². The van der Waals surface area contributed by atoms with Crippen molar-refractivity contribution in [1.82, 2.24) is 5.32 Å². The van der Waals surface area contributed by atoms with Crippen LogP contribution in [0.5, 0.6) is 5.75 Å². The maximum Gasteiger partial charge on any atom is 0.131 e. The van der Waals surface area contributed by atoms with Crippen molar-refractivity contribution in [2.24, 2.45) is 0 Å². The van der Waals surface area contributed by atoms with Crippen molar-refractivity contribution in [3.8, 4) is 5.75 Å². The molecule has 0 bridgehead atoms. The van der Waals surface area contributed by atoms with Gasteiger partial charge in [-0.2, -0.15) is 0 Å². The van der Waals surface area contributed by atoms with Gasteiger partial charge in [0.25, 0.3) is 0 Å². The van der Waals surface area contributed by atoms with Gasteiger partial charge < -0.3 is 10.1 Å². The molecule has 1 atom stereocenters. The summed E-state index contributed by atoms with van der Waals surface area (Å²) in [4.78, 5) is 0. The van der Waals surface area contributed by atoms with Gasteiger partial charge in [-0.05, 0) is 32.5 Å². The average molecular weight is 239 g/mol. The van der Waals surface area contributed by atoms with Crippen molar-refractivity contribution in [2.45, 2.75) is 39.2 Å². The fourth-order valence-electron chi connectivity index (χ4n) is 1.74. The third-order valence-electron chi connectivity index (χ3n) is 2.88. The van der Waals surface area contributed by atoms with E-state index in [1.807, 2.05) is 20.0 Å². The van der Waals surface area contributed by atoms with Gasteiger partial charge in [-0.25, -0.2) is 4.39 Å². The van der Waals surface area contributed by atoms with Crippen LogP contribution in [0.1, 0.15) is 44.7 Å². The molecular weight excluding hydrogens is 217 g/mol. The monoisotopic (exact) mass is 239 g/mol. The third-order valence-corrected chi connectivity index (χ3v) is 2.88. The number of benzene rings is 1. The lowest BCUT2D eigenvalue weighted by Crippen LogP contribution is -2.15. The first-order valence-electron chi connectivity index (χ1n) is 6.29. The summed E-state index contributed by atoms with van der Waals surface area (Å²) in [6.45, 7) is 4.73. The number of rotatable bonds is 7. The minimum absolute atomic E-state index is 0.0441. The first-order chi connectivity index (χ1) is 8.20. The largest absolute Gasteiger partial charge is 0.493 e. The summed E-state index contributed by atoms with van der Waals surface area (Å²) in [6, 6.07) is 4.95. The van der Waals surface area contributed by atoms with Gasteiger partial charge in [0.15, 0.2) is 0 Å². The van der Waals surface area contributed by atoms with Crippen LogP contribution in [0.2, 0.25) is 0 Å². The summed E-state index contributed by atoms with van der Waals surface area (Å²) in [6.07, 6.45) is 3.32. The van der Waals surface area contributed by atoms with Gasteiger partial charge in [0.1, 0.15) is 11.6 Å². The zero-order chi connectivity index (χ0) is 12.7. The zero-order valence-corrected chi connectivity index (χ0v) is 10.9. The molecular formula is C14H22FNO. The zero-order valence-electron chi connectivity index (χ0n) is 10.9. The van der Waals surface area contributed by atoms with E-state index in [2.05, 4.69) is 12.2 Å². The highest BCUT2D eigenvalue weighted by Gasteiger charge is 2.14. The lowest BCUT2D eigenvalue weighted by atomic mass is 10.1. The lowest BCUT2D eigenvalue weighted by molar-refractivity contribution is 0.298. The molecule has 0 aliphatic rings. The molecule has 0 heterocycles. The molecule has 0 aromatic heterocycles. The molecule has 1 aromatic rings. The smallest absolute Gasteiger partial charge is 0.131 e. The highest BCUT2D eigenvalue weighted by molar-refractivity contribution is 5.36. The molecule has 0 aliphatic carbocycles. The van der Waals surface area contributed by atoms with E-state index < -0.39 is 0 Å². The van der Waals surface area contributed by atoms with Gasteiger partial charge in [0.05, 0.1) is 6.61 Å². The van der Waals surface area contributed by atoms with Gasteiger partial charge in [-0.1, -0.05) is 25.8 Å². The van der Waals surface area contributed by atoms with Crippen LogP contribution >= 0.6 is 0 Å². The Bertz CT molecular complexity index is 341. The molecule has 1 unspecified atom stereocenters. The van der Waals surface area contributed by atoms with Gasteiger partial charge >= 0.3 is 0 Å². The van der Waals surface area contributed by atoms with E-state index >= 15 is 0 Å². The number of halogens is 1. The molecule has 0 radical (unpaired) electrons. The van der Waals surface area contributed by atoms with Crippen LogP contribution in [0.3, 0.4) is 0 Å². The third kappa shape index (κ3) is 4.00. The second-order valence-electron chi connectivity index (χ2n) is 4.22. The Labute approximate surface area is 103 Å². The quantitative estimate of drug-likeness (QED) is 0.733. The summed E-state index contributed by atoms with van der Waals surface area (Å²) >= 11 is 0. The van der Waals surface area contributed by atoms with Crippen LogP contribution in [0.25, 0.3) is 0 Å². The molecule has 3 heteroatoms. The predicted molar refractivity (Wildman–Crippen MR) is 68.9 cm³/mol. The molecule has 1 aromatic carbocycles. The Kier molecular flexibility index (Phi) is 5.98. The molecule has 0 amide bonds. The maximum atomic E-state index is 13.7. The number of hydrogen-bond donors (Lipinski definition) is 1. The van der Waals surface area contributed by atoms with Crippen molar-refractivity contribution >= 4 is 0 Å². The van der Waals surface area contributed by atoms with E-state index in [1.165, 1.54) is 6.07 Å². The van der Waals surface area contributed by atoms with Crippen LogP contribution in [0.15, 0.2) is 18.2 Å². The molecule has 1 rings (SSSR count). The molecule has 1 N–H and O–H groups in total. The van der Waals surface area contributed by atoms with Crippen molar-refractivity contribution < 1.29 is 9.13 Å². The summed E-state index contributed by atoms with van der Waals surface area (Å²) in [5.41, 5.74) is 0.617. The number of unbranched alkanes of at least 4 members (excludes halogenated alkanes) is 2. The van der Waals surface area contributed by atoms with Crippen molar-refractivity contribution in [3.63, 3.8) is 0 Å². The van der Waals surface area contributed by atoms with E-state index in [4.69, 9.17) is 4.74 Å². The first-order valence-corrected chi connectivity index (χ1v) is 6.29. The van der Waals surface area contributed by atoms with E-state index in [-0.39, 0.29) is 11.9 Å². The summed E-state index contributed by atoms with van der Waals surface area (Å²) in [5.74, 6) is 0.447. The Morgan fingerprint density at radius 3 is 2.76 bits per heavy atom. The summed E-state index contributed by atoms with van der Waals surface area (Å²) < 4.78 is 19.4. The Morgan fingerprint density at radius 2 is 2.12 bits per heavy atom. The molecule has 0 saturated heterocycles. The minimum Gasteiger partial charge on any atom is -0.493 e. The summed E-state index contributed by atoms with van der Waals surface area (Å²) in [7, 11) is 1.82. The highest BCUT2D eigenvalue weighted by Crippen LogP contribution is 2.27. The fourth-order valence-corrected chi connectivity index (χ4v) is 1.74. The van der Waals surface area contributed by atoms with E-state index in [1.54, 1.807) is 6.07 Å². The van der Waals surface area contributed by atoms with Gasteiger partial charge in [0.2, 0.25) is 0 Å². The number of ether oxygens (including phenoxy) is 1. The lowest BCUT2D eigenvalue weighted by Gasteiger charge is -2.17. The fraction of sp³-hybridized carbons (Fsp3) is 0.571. The normalized spacial score (nSPS) is 12.5. The SMILES string of the molecule is CCCCCOc1cccc(F)c1C(C)NC. The van der Waals surface area contributed by atoms with Crippen LogP contribution in [-0.4, -0.2) is 13.7 Å². The Hall–Kier alpha value is -1.09. The molecule has 2 nitrogen and oxygen atoms in total. The number of nitrogens with one attached hydrogen (secondary N) is 1. The standard InChI is InChI=1S/C14H22FNO/c1-4-5-6-10-17-13-9-7-8-12(15)14(13)11(2)16-3/h7-9,11,16H,4-6,10H2,1-3H3. The van der Waals surface area contributed by atoms with E-state index in [0.717, 1.165) is 19.3 Å². The molecule has 17 heavy (non-hydrogen) atoms. The number of hydrogen-bond acceptors (Lipinski definition) is 2. The second kappa shape index (κ2) is 7.28. The van der Waals surface area contributed by atoms with Crippen LogP contribution < -0.4 is 10.1 Å². The van der Waals surface area contributed by atoms with E-state index in [0.29, 0.717) is 17.9 Å². The van der Waals surface area contributed by atoms with Gasteiger partial charge in [0, 0.05) is 11.6 Å². The molecule has 96 valence electrons. The van der Waals surface area contributed by atoms with Crippen molar-refractivity contribution in [2.75, 3.05) is 13.7 Å².